The fourth-order valence-corrected chi connectivity index (χ4v) is 1.93. The molecule has 0 aliphatic rings. The lowest BCUT2D eigenvalue weighted by Gasteiger charge is -2.02. The second kappa shape index (κ2) is 3.82. The van der Waals surface area contributed by atoms with Crippen LogP contribution in [0.25, 0.3) is 0 Å². The molecule has 0 N–H and O–H groups in total. The quantitative estimate of drug-likeness (QED) is 0.744. The molecule has 0 aliphatic carbocycles. The van der Waals surface area contributed by atoms with Gasteiger partial charge in [-0.15, -0.1) is 0 Å². The third kappa shape index (κ3) is 2.92. The van der Waals surface area contributed by atoms with Gasteiger partial charge in [-0.25, -0.2) is 17.2 Å². The lowest BCUT2D eigenvalue weighted by molar-refractivity contribution is 0.578. The lowest BCUT2D eigenvalue weighted by atomic mass is 10.1. The van der Waals surface area contributed by atoms with Gasteiger partial charge in [0, 0.05) is 16.2 Å². The minimum absolute atomic E-state index is 0.123. The van der Waals surface area contributed by atoms with Gasteiger partial charge in [0.1, 0.15) is 11.6 Å². The Labute approximate surface area is 84.9 Å². The molecular weight excluding hydrogens is 234 g/mol. The monoisotopic (exact) mass is 240 g/mol. The van der Waals surface area contributed by atoms with E-state index < -0.39 is 26.4 Å². The second-order valence-electron chi connectivity index (χ2n) is 2.88. The minimum atomic E-state index is -3.86. The molecular formula is C8H7ClF2O2S. The van der Waals surface area contributed by atoms with E-state index in [1.807, 2.05) is 0 Å². The summed E-state index contributed by atoms with van der Waals surface area (Å²) in [6.45, 7) is 1.39. The molecule has 0 fully saturated rings. The van der Waals surface area contributed by atoms with E-state index in [1.54, 1.807) is 0 Å². The summed E-state index contributed by atoms with van der Waals surface area (Å²) in [6.07, 6.45) is 0. The highest BCUT2D eigenvalue weighted by Crippen LogP contribution is 2.17. The van der Waals surface area contributed by atoms with Gasteiger partial charge in [0.15, 0.2) is 0 Å². The minimum Gasteiger partial charge on any atom is -0.212 e. The third-order valence-corrected chi connectivity index (χ3v) is 2.64. The van der Waals surface area contributed by atoms with Crippen LogP contribution in [0.15, 0.2) is 12.1 Å². The van der Waals surface area contributed by atoms with Crippen LogP contribution in [0.3, 0.4) is 0 Å². The molecule has 0 heterocycles. The highest BCUT2D eigenvalue weighted by Gasteiger charge is 2.13. The van der Waals surface area contributed by atoms with Crippen molar-refractivity contribution in [1.82, 2.24) is 0 Å². The van der Waals surface area contributed by atoms with Gasteiger partial charge >= 0.3 is 0 Å². The maximum atomic E-state index is 13.1. The predicted octanol–water partition coefficient (Wildman–Crippen LogP) is 2.34. The lowest BCUT2D eigenvalue weighted by Crippen LogP contribution is -2.00. The van der Waals surface area contributed by atoms with Gasteiger partial charge in [0.25, 0.3) is 0 Å². The van der Waals surface area contributed by atoms with E-state index >= 15 is 0 Å². The molecule has 0 unspecified atom stereocenters. The normalized spacial score (nSPS) is 11.7. The largest absolute Gasteiger partial charge is 0.236 e. The molecule has 78 valence electrons. The molecule has 0 aliphatic heterocycles. The maximum absolute atomic E-state index is 13.1. The number of hydrogen-bond donors (Lipinski definition) is 0. The summed E-state index contributed by atoms with van der Waals surface area (Å²) in [5, 5.41) is 0. The molecule has 0 saturated heterocycles. The van der Waals surface area contributed by atoms with Crippen LogP contribution >= 0.6 is 10.7 Å². The molecule has 1 aromatic carbocycles. The average Bonchev–Trinajstić information content (AvgIpc) is 1.97. The molecule has 14 heavy (non-hydrogen) atoms. The first-order valence-electron chi connectivity index (χ1n) is 3.66. The van der Waals surface area contributed by atoms with Crippen molar-refractivity contribution in [2.45, 2.75) is 12.7 Å². The second-order valence-corrected chi connectivity index (χ2v) is 5.65. The molecule has 2 nitrogen and oxygen atoms in total. The van der Waals surface area contributed by atoms with Crippen LogP contribution in [0.4, 0.5) is 8.78 Å². The van der Waals surface area contributed by atoms with Crippen LogP contribution in [-0.2, 0) is 14.8 Å². The molecule has 0 bridgehead atoms. The van der Waals surface area contributed by atoms with Crippen molar-refractivity contribution in [3.05, 3.63) is 34.9 Å². The van der Waals surface area contributed by atoms with E-state index in [-0.39, 0.29) is 11.1 Å². The van der Waals surface area contributed by atoms with Crippen molar-refractivity contribution in [2.75, 3.05) is 0 Å². The van der Waals surface area contributed by atoms with Crippen molar-refractivity contribution in [1.29, 1.82) is 0 Å². The van der Waals surface area contributed by atoms with E-state index in [1.165, 1.54) is 6.92 Å². The van der Waals surface area contributed by atoms with Gasteiger partial charge in [-0.3, -0.25) is 0 Å². The van der Waals surface area contributed by atoms with Gasteiger partial charge in [0.2, 0.25) is 9.05 Å². The summed E-state index contributed by atoms with van der Waals surface area (Å²) < 4.78 is 47.3. The number of rotatable bonds is 2. The molecule has 1 aromatic rings. The van der Waals surface area contributed by atoms with Crippen molar-refractivity contribution < 1.29 is 17.2 Å². The van der Waals surface area contributed by atoms with Gasteiger partial charge in [-0.2, -0.15) is 0 Å². The van der Waals surface area contributed by atoms with E-state index in [4.69, 9.17) is 10.7 Å². The fourth-order valence-electron chi connectivity index (χ4n) is 0.984. The van der Waals surface area contributed by atoms with Crippen molar-refractivity contribution >= 4 is 19.7 Å². The van der Waals surface area contributed by atoms with Crippen LogP contribution < -0.4 is 0 Å². The number of halogens is 3. The molecule has 0 radical (unpaired) electrons. The molecule has 1 rings (SSSR count). The molecule has 0 saturated carbocycles. The summed E-state index contributed by atoms with van der Waals surface area (Å²) in [7, 11) is 1.05. The molecule has 0 spiro atoms. The Hall–Kier alpha value is -0.680. The maximum Gasteiger partial charge on any atom is 0.236 e. The van der Waals surface area contributed by atoms with Gasteiger partial charge in [0.05, 0.1) is 5.75 Å². The number of hydrogen-bond acceptors (Lipinski definition) is 2. The summed E-state index contributed by atoms with van der Waals surface area (Å²) in [5.41, 5.74) is -0.138. The van der Waals surface area contributed by atoms with Crippen LogP contribution in [0.5, 0.6) is 0 Å². The van der Waals surface area contributed by atoms with Crippen molar-refractivity contribution in [3.63, 3.8) is 0 Å². The van der Waals surface area contributed by atoms with Crippen LogP contribution in [0, 0.1) is 18.6 Å². The first-order chi connectivity index (χ1) is 6.29. The zero-order valence-electron chi connectivity index (χ0n) is 7.22. The van der Waals surface area contributed by atoms with E-state index in [2.05, 4.69) is 0 Å². The molecule has 0 amide bonds. The Morgan fingerprint density at radius 3 is 2.36 bits per heavy atom. The Balaban J connectivity index is 3.17. The molecule has 6 heteroatoms. The van der Waals surface area contributed by atoms with Gasteiger partial charge < -0.3 is 0 Å². The number of aryl methyl sites for hydroxylation is 1. The summed E-state index contributed by atoms with van der Waals surface area (Å²) >= 11 is 0. The smallest absolute Gasteiger partial charge is 0.212 e. The Morgan fingerprint density at radius 1 is 1.29 bits per heavy atom. The summed E-state index contributed by atoms with van der Waals surface area (Å²) in [6, 6.07) is 1.78. The van der Waals surface area contributed by atoms with E-state index in [0.717, 1.165) is 12.1 Å². The van der Waals surface area contributed by atoms with Gasteiger partial charge in [-0.05, 0) is 24.6 Å². The molecule has 0 aromatic heterocycles. The van der Waals surface area contributed by atoms with E-state index in [0.29, 0.717) is 0 Å². The van der Waals surface area contributed by atoms with Crippen LogP contribution in [0.2, 0.25) is 0 Å². The average molecular weight is 241 g/mol. The topological polar surface area (TPSA) is 34.1 Å². The highest BCUT2D eigenvalue weighted by atomic mass is 35.7. The van der Waals surface area contributed by atoms with Crippen molar-refractivity contribution in [3.8, 4) is 0 Å². The summed E-state index contributed by atoms with van der Waals surface area (Å²) in [5.74, 6) is -2.13. The van der Waals surface area contributed by atoms with E-state index in [9.17, 15) is 17.2 Å². The zero-order valence-corrected chi connectivity index (χ0v) is 8.79. The molecule has 0 atom stereocenters. The third-order valence-electron chi connectivity index (χ3n) is 1.66. The first-order valence-corrected chi connectivity index (χ1v) is 6.14. The Bertz CT molecular complexity index is 457. The SMILES string of the molecule is Cc1cc(F)c(CS(=O)(=O)Cl)cc1F. The standard InChI is InChI=1S/C8H7ClF2O2S/c1-5-2-8(11)6(3-7(5)10)4-14(9,12)13/h2-3H,4H2,1H3. The Kier molecular flexibility index (Phi) is 3.11. The highest BCUT2D eigenvalue weighted by molar-refractivity contribution is 8.13. The van der Waals surface area contributed by atoms with Gasteiger partial charge in [-0.1, -0.05) is 0 Å². The zero-order chi connectivity index (χ0) is 10.9. The summed E-state index contributed by atoms with van der Waals surface area (Å²) in [4.78, 5) is 0. The Morgan fingerprint density at radius 2 is 1.86 bits per heavy atom. The number of benzene rings is 1. The fraction of sp³-hybridized carbons (Fsp3) is 0.250. The van der Waals surface area contributed by atoms with Crippen LogP contribution in [-0.4, -0.2) is 8.42 Å². The van der Waals surface area contributed by atoms with Crippen LogP contribution in [0.1, 0.15) is 11.1 Å². The predicted molar refractivity (Wildman–Crippen MR) is 49.6 cm³/mol. The van der Waals surface area contributed by atoms with Crippen molar-refractivity contribution in [2.24, 2.45) is 0 Å². The first kappa shape index (κ1) is 11.4.